The molecule has 0 spiro atoms. The summed E-state index contributed by atoms with van der Waals surface area (Å²) < 4.78 is 10.7. The van der Waals surface area contributed by atoms with E-state index in [0.717, 1.165) is 33.3 Å². The molecule has 1 fully saturated rings. The maximum absolute atomic E-state index is 5.39. The van der Waals surface area contributed by atoms with Crippen molar-refractivity contribution in [3.63, 3.8) is 0 Å². The summed E-state index contributed by atoms with van der Waals surface area (Å²) in [5, 5.41) is 12.9. The number of aromatic nitrogens is 3. The smallest absolute Gasteiger partial charge is 0.162 e. The lowest BCUT2D eigenvalue weighted by molar-refractivity contribution is 0.355. The summed E-state index contributed by atoms with van der Waals surface area (Å²) in [5.41, 5.74) is 4.11. The number of fused-ring (bicyclic) bond motifs is 3. The molecule has 1 aliphatic rings. The van der Waals surface area contributed by atoms with E-state index in [2.05, 4.69) is 33.7 Å². The molecule has 2 aromatic carbocycles. The van der Waals surface area contributed by atoms with Crippen LogP contribution in [0.4, 0.5) is 11.5 Å². The number of H-pyrrole nitrogens is 1. The molecule has 136 valence electrons. The van der Waals surface area contributed by atoms with Gasteiger partial charge in [0, 0.05) is 22.5 Å². The Morgan fingerprint density at radius 2 is 1.85 bits per heavy atom. The van der Waals surface area contributed by atoms with Crippen LogP contribution in [0.5, 0.6) is 11.5 Å². The summed E-state index contributed by atoms with van der Waals surface area (Å²) in [5.74, 6) is 2.80. The molecule has 1 saturated carbocycles. The first-order valence-corrected chi connectivity index (χ1v) is 9.02. The van der Waals surface area contributed by atoms with Crippen LogP contribution in [0, 0.1) is 0 Å². The molecule has 0 bridgehead atoms. The quantitative estimate of drug-likeness (QED) is 0.537. The van der Waals surface area contributed by atoms with Crippen LogP contribution in [-0.2, 0) is 0 Å². The zero-order chi connectivity index (χ0) is 18.4. The number of ether oxygens (including phenoxy) is 2. The molecular formula is C21H20N4O2. The minimum atomic E-state index is 0.665. The van der Waals surface area contributed by atoms with E-state index < -0.39 is 0 Å². The van der Waals surface area contributed by atoms with Gasteiger partial charge in [0.1, 0.15) is 5.52 Å². The van der Waals surface area contributed by atoms with Gasteiger partial charge in [0.25, 0.3) is 0 Å². The van der Waals surface area contributed by atoms with Crippen molar-refractivity contribution in [1.82, 2.24) is 15.2 Å². The molecule has 0 atom stereocenters. The van der Waals surface area contributed by atoms with Crippen LogP contribution in [-0.4, -0.2) is 29.4 Å². The molecule has 0 radical (unpaired) electrons. The summed E-state index contributed by atoms with van der Waals surface area (Å²) in [4.78, 5) is 4.84. The molecule has 6 nitrogen and oxygen atoms in total. The first kappa shape index (κ1) is 15.9. The number of anilines is 2. The van der Waals surface area contributed by atoms with Crippen molar-refractivity contribution in [3.8, 4) is 11.5 Å². The number of hydrogen-bond acceptors (Lipinski definition) is 5. The molecule has 2 aromatic heterocycles. The van der Waals surface area contributed by atoms with Crippen molar-refractivity contribution in [2.75, 3.05) is 19.5 Å². The topological polar surface area (TPSA) is 72.1 Å². The predicted molar refractivity (Wildman–Crippen MR) is 106 cm³/mol. The first-order chi connectivity index (χ1) is 13.3. The van der Waals surface area contributed by atoms with E-state index in [4.69, 9.17) is 14.5 Å². The number of nitrogens with one attached hydrogen (secondary N) is 2. The second-order valence-corrected chi connectivity index (χ2v) is 6.86. The van der Waals surface area contributed by atoms with Crippen molar-refractivity contribution >= 4 is 33.3 Å². The number of benzene rings is 2. The minimum absolute atomic E-state index is 0.665. The standard InChI is InChI=1S/C21H20N4O2/c1-26-18-8-6-14(10-19(18)27-2)23-21-20-16(11-22-25-20)15-9-13(12-3-4-12)5-7-17(15)24-21/h5-12H,3-4H2,1-2H3,(H,22,25)(H,23,24). The Kier molecular flexibility index (Phi) is 3.63. The molecule has 27 heavy (non-hydrogen) atoms. The summed E-state index contributed by atoms with van der Waals surface area (Å²) in [6.07, 6.45) is 4.44. The number of methoxy groups -OCH3 is 2. The van der Waals surface area contributed by atoms with Gasteiger partial charge in [-0.25, -0.2) is 4.98 Å². The lowest BCUT2D eigenvalue weighted by Crippen LogP contribution is -1.98. The Bertz CT molecular complexity index is 1150. The molecule has 4 aromatic rings. The third kappa shape index (κ3) is 2.73. The highest BCUT2D eigenvalue weighted by molar-refractivity contribution is 6.08. The second-order valence-electron chi connectivity index (χ2n) is 6.86. The second kappa shape index (κ2) is 6.16. The first-order valence-electron chi connectivity index (χ1n) is 9.02. The minimum Gasteiger partial charge on any atom is -0.493 e. The van der Waals surface area contributed by atoms with Gasteiger partial charge in [0.05, 0.1) is 25.9 Å². The fourth-order valence-corrected chi connectivity index (χ4v) is 3.53. The molecule has 5 rings (SSSR count). The van der Waals surface area contributed by atoms with Crippen molar-refractivity contribution in [1.29, 1.82) is 0 Å². The fourth-order valence-electron chi connectivity index (χ4n) is 3.53. The van der Waals surface area contributed by atoms with Gasteiger partial charge in [-0.1, -0.05) is 6.07 Å². The number of rotatable bonds is 5. The van der Waals surface area contributed by atoms with E-state index in [1.54, 1.807) is 14.2 Å². The zero-order valence-corrected chi connectivity index (χ0v) is 15.2. The highest BCUT2D eigenvalue weighted by atomic mass is 16.5. The maximum atomic E-state index is 5.39. The van der Waals surface area contributed by atoms with Crippen LogP contribution >= 0.6 is 0 Å². The van der Waals surface area contributed by atoms with E-state index in [9.17, 15) is 0 Å². The normalized spacial score (nSPS) is 13.9. The van der Waals surface area contributed by atoms with Gasteiger partial charge in [-0.2, -0.15) is 5.10 Å². The zero-order valence-electron chi connectivity index (χ0n) is 15.2. The van der Waals surface area contributed by atoms with Gasteiger partial charge < -0.3 is 14.8 Å². The summed E-state index contributed by atoms with van der Waals surface area (Å²) in [6.45, 7) is 0. The average Bonchev–Trinajstić information content (AvgIpc) is 3.43. The van der Waals surface area contributed by atoms with Gasteiger partial charge >= 0.3 is 0 Å². The Morgan fingerprint density at radius 1 is 1.00 bits per heavy atom. The Hall–Kier alpha value is -3.28. The Balaban J connectivity index is 1.60. The van der Waals surface area contributed by atoms with Crippen molar-refractivity contribution in [2.45, 2.75) is 18.8 Å². The lowest BCUT2D eigenvalue weighted by Gasteiger charge is -2.12. The molecule has 0 saturated heterocycles. The third-order valence-electron chi connectivity index (χ3n) is 5.11. The van der Waals surface area contributed by atoms with Crippen molar-refractivity contribution < 1.29 is 9.47 Å². The molecule has 0 unspecified atom stereocenters. The average molecular weight is 360 g/mol. The summed E-state index contributed by atoms with van der Waals surface area (Å²) in [6, 6.07) is 12.3. The molecule has 2 N–H and O–H groups in total. The van der Waals surface area contributed by atoms with Gasteiger partial charge in [0.2, 0.25) is 0 Å². The fraction of sp³-hybridized carbons (Fsp3) is 0.238. The molecule has 0 amide bonds. The lowest BCUT2D eigenvalue weighted by atomic mass is 10.0. The Labute approximate surface area is 156 Å². The number of hydrogen-bond donors (Lipinski definition) is 2. The van der Waals surface area contributed by atoms with Gasteiger partial charge in [-0.05, 0) is 48.6 Å². The third-order valence-corrected chi connectivity index (χ3v) is 5.11. The monoisotopic (exact) mass is 360 g/mol. The maximum Gasteiger partial charge on any atom is 0.162 e. The predicted octanol–water partition coefficient (Wildman–Crippen LogP) is 4.75. The number of nitrogens with zero attached hydrogens (tertiary/aromatic N) is 2. The highest BCUT2D eigenvalue weighted by Gasteiger charge is 2.24. The number of aromatic amines is 1. The summed E-state index contributed by atoms with van der Waals surface area (Å²) in [7, 11) is 3.25. The molecule has 6 heteroatoms. The van der Waals surface area contributed by atoms with Crippen LogP contribution in [0.2, 0.25) is 0 Å². The van der Waals surface area contributed by atoms with Crippen LogP contribution in [0.1, 0.15) is 24.3 Å². The van der Waals surface area contributed by atoms with Crippen molar-refractivity contribution in [3.05, 3.63) is 48.2 Å². The van der Waals surface area contributed by atoms with E-state index in [0.29, 0.717) is 17.4 Å². The van der Waals surface area contributed by atoms with Crippen LogP contribution in [0.25, 0.3) is 21.8 Å². The summed E-state index contributed by atoms with van der Waals surface area (Å²) >= 11 is 0. The molecule has 2 heterocycles. The van der Waals surface area contributed by atoms with E-state index in [1.807, 2.05) is 24.4 Å². The molecule has 0 aliphatic heterocycles. The van der Waals surface area contributed by atoms with Gasteiger partial charge in [-0.3, -0.25) is 5.10 Å². The van der Waals surface area contributed by atoms with Gasteiger partial charge in [0.15, 0.2) is 17.3 Å². The van der Waals surface area contributed by atoms with Crippen LogP contribution in [0.3, 0.4) is 0 Å². The molecular weight excluding hydrogens is 340 g/mol. The highest BCUT2D eigenvalue weighted by Crippen LogP contribution is 2.42. The largest absolute Gasteiger partial charge is 0.493 e. The van der Waals surface area contributed by atoms with Crippen molar-refractivity contribution in [2.24, 2.45) is 0 Å². The van der Waals surface area contributed by atoms with Gasteiger partial charge in [-0.15, -0.1) is 0 Å². The Morgan fingerprint density at radius 3 is 2.63 bits per heavy atom. The van der Waals surface area contributed by atoms with E-state index in [1.165, 1.54) is 18.4 Å². The SMILES string of the molecule is COc1ccc(Nc2nc3ccc(C4CC4)cc3c3cn[nH]c23)cc1OC. The van der Waals surface area contributed by atoms with E-state index >= 15 is 0 Å². The van der Waals surface area contributed by atoms with Crippen LogP contribution in [0.15, 0.2) is 42.6 Å². The number of pyridine rings is 1. The molecule has 1 aliphatic carbocycles. The van der Waals surface area contributed by atoms with E-state index in [-0.39, 0.29) is 0 Å². The van der Waals surface area contributed by atoms with Crippen LogP contribution < -0.4 is 14.8 Å².